The molecule has 6 heteroatoms. The number of rotatable bonds is 5. The predicted molar refractivity (Wildman–Crippen MR) is 64.6 cm³/mol. The summed E-state index contributed by atoms with van der Waals surface area (Å²) in [7, 11) is 0. The van der Waals surface area contributed by atoms with E-state index < -0.39 is 6.36 Å². The van der Waals surface area contributed by atoms with Gasteiger partial charge in [0.2, 0.25) is 0 Å². The standard InChI is InChI=1S/C13H21F3N2O/c14-13(15,16)19-6-5-18-8-11(9-1-2-9)17-7-12(18)10-3-4-10/h9-12,17H,1-8H2. The van der Waals surface area contributed by atoms with Crippen LogP contribution in [-0.2, 0) is 4.74 Å². The molecule has 1 aliphatic heterocycles. The van der Waals surface area contributed by atoms with Crippen LogP contribution < -0.4 is 5.32 Å². The third-order valence-corrected chi connectivity index (χ3v) is 4.49. The molecule has 0 bridgehead atoms. The summed E-state index contributed by atoms with van der Waals surface area (Å²) in [4.78, 5) is 2.23. The molecule has 1 heterocycles. The zero-order chi connectivity index (χ0) is 13.5. The van der Waals surface area contributed by atoms with E-state index in [9.17, 15) is 13.2 Å². The number of halogens is 3. The van der Waals surface area contributed by atoms with E-state index in [-0.39, 0.29) is 6.61 Å². The third-order valence-electron chi connectivity index (χ3n) is 4.49. The molecule has 2 unspecified atom stereocenters. The van der Waals surface area contributed by atoms with Gasteiger partial charge in [0.25, 0.3) is 0 Å². The molecule has 3 nitrogen and oxygen atoms in total. The van der Waals surface area contributed by atoms with Gasteiger partial charge in [0.15, 0.2) is 0 Å². The van der Waals surface area contributed by atoms with Crippen LogP contribution in [0, 0.1) is 11.8 Å². The first-order valence-corrected chi connectivity index (χ1v) is 7.21. The molecule has 1 N–H and O–H groups in total. The van der Waals surface area contributed by atoms with E-state index in [0.29, 0.717) is 24.5 Å². The van der Waals surface area contributed by atoms with Gasteiger partial charge in [-0.3, -0.25) is 9.64 Å². The maximum atomic E-state index is 12.0. The lowest BCUT2D eigenvalue weighted by atomic mass is 10.0. The number of nitrogens with zero attached hydrogens (tertiary/aromatic N) is 1. The van der Waals surface area contributed by atoms with Crippen LogP contribution in [-0.4, -0.2) is 49.6 Å². The number of hydrogen-bond acceptors (Lipinski definition) is 3. The Bertz CT molecular complexity index is 316. The van der Waals surface area contributed by atoms with Crippen LogP contribution in [0.25, 0.3) is 0 Å². The fourth-order valence-corrected chi connectivity index (χ4v) is 3.15. The average Bonchev–Trinajstić information content (AvgIpc) is 3.19. The molecule has 2 saturated carbocycles. The Hall–Kier alpha value is -0.330. The van der Waals surface area contributed by atoms with Gasteiger partial charge < -0.3 is 5.32 Å². The van der Waals surface area contributed by atoms with Crippen molar-refractivity contribution in [3.63, 3.8) is 0 Å². The van der Waals surface area contributed by atoms with Gasteiger partial charge in [0, 0.05) is 31.7 Å². The van der Waals surface area contributed by atoms with E-state index in [1.165, 1.54) is 25.7 Å². The van der Waals surface area contributed by atoms with E-state index >= 15 is 0 Å². The van der Waals surface area contributed by atoms with Gasteiger partial charge in [-0.05, 0) is 37.5 Å². The molecule has 1 saturated heterocycles. The van der Waals surface area contributed by atoms with E-state index in [2.05, 4.69) is 15.0 Å². The molecule has 3 fully saturated rings. The minimum absolute atomic E-state index is 0.246. The summed E-state index contributed by atoms with van der Waals surface area (Å²) in [6.07, 6.45) is 0.463. The number of hydrogen-bond donors (Lipinski definition) is 1. The quantitative estimate of drug-likeness (QED) is 0.832. The molecular formula is C13H21F3N2O. The van der Waals surface area contributed by atoms with E-state index in [4.69, 9.17) is 0 Å². The zero-order valence-corrected chi connectivity index (χ0v) is 11.0. The fraction of sp³-hybridized carbons (Fsp3) is 1.00. The minimum atomic E-state index is -4.50. The van der Waals surface area contributed by atoms with Crippen LogP contribution in [0.15, 0.2) is 0 Å². The first kappa shape index (κ1) is 13.6. The second-order valence-electron chi connectivity index (χ2n) is 6.05. The Morgan fingerprint density at radius 3 is 2.37 bits per heavy atom. The lowest BCUT2D eigenvalue weighted by molar-refractivity contribution is -0.325. The minimum Gasteiger partial charge on any atom is -0.311 e. The van der Waals surface area contributed by atoms with Crippen molar-refractivity contribution in [1.29, 1.82) is 0 Å². The molecule has 0 amide bonds. The van der Waals surface area contributed by atoms with Crippen LogP contribution in [0.5, 0.6) is 0 Å². The van der Waals surface area contributed by atoms with Crippen molar-refractivity contribution in [2.75, 3.05) is 26.2 Å². The summed E-state index contributed by atoms with van der Waals surface area (Å²) in [5.41, 5.74) is 0. The van der Waals surface area contributed by atoms with Gasteiger partial charge in [-0.25, -0.2) is 0 Å². The van der Waals surface area contributed by atoms with Crippen molar-refractivity contribution >= 4 is 0 Å². The fourth-order valence-electron chi connectivity index (χ4n) is 3.15. The molecule has 0 radical (unpaired) electrons. The summed E-state index contributed by atoms with van der Waals surface area (Å²) >= 11 is 0. The molecule has 3 rings (SSSR count). The zero-order valence-electron chi connectivity index (χ0n) is 11.0. The Morgan fingerprint density at radius 1 is 1.11 bits per heavy atom. The van der Waals surface area contributed by atoms with E-state index in [1.54, 1.807) is 0 Å². The lowest BCUT2D eigenvalue weighted by Crippen LogP contribution is -2.58. The maximum Gasteiger partial charge on any atom is 0.522 e. The van der Waals surface area contributed by atoms with Gasteiger partial charge in [-0.2, -0.15) is 0 Å². The Labute approximate surface area is 111 Å². The normalized spacial score (nSPS) is 33.6. The second-order valence-corrected chi connectivity index (χ2v) is 6.05. The highest BCUT2D eigenvalue weighted by molar-refractivity contribution is 4.98. The summed E-state index contributed by atoms with van der Waals surface area (Å²) in [5.74, 6) is 1.42. The highest BCUT2D eigenvalue weighted by atomic mass is 19.4. The molecule has 2 aliphatic carbocycles. The van der Waals surface area contributed by atoms with Gasteiger partial charge in [0.1, 0.15) is 0 Å². The van der Waals surface area contributed by atoms with Gasteiger partial charge in [-0.15, -0.1) is 13.2 Å². The second kappa shape index (κ2) is 5.22. The molecule has 0 aromatic heterocycles. The van der Waals surface area contributed by atoms with Crippen LogP contribution >= 0.6 is 0 Å². The first-order chi connectivity index (χ1) is 9.03. The van der Waals surface area contributed by atoms with Crippen molar-refractivity contribution in [2.45, 2.75) is 44.1 Å². The van der Waals surface area contributed by atoms with Crippen molar-refractivity contribution in [3.8, 4) is 0 Å². The van der Waals surface area contributed by atoms with Crippen LogP contribution in [0.4, 0.5) is 13.2 Å². The average molecular weight is 278 g/mol. The van der Waals surface area contributed by atoms with Gasteiger partial charge in [0.05, 0.1) is 6.61 Å². The third kappa shape index (κ3) is 3.83. The maximum absolute atomic E-state index is 12.0. The van der Waals surface area contributed by atoms with Crippen LogP contribution in [0.1, 0.15) is 25.7 Å². The largest absolute Gasteiger partial charge is 0.522 e. The molecule has 0 spiro atoms. The Morgan fingerprint density at radius 2 is 1.79 bits per heavy atom. The van der Waals surface area contributed by atoms with Crippen molar-refractivity contribution in [1.82, 2.24) is 10.2 Å². The smallest absolute Gasteiger partial charge is 0.311 e. The molecule has 3 aliphatic rings. The van der Waals surface area contributed by atoms with Crippen LogP contribution in [0.2, 0.25) is 0 Å². The number of ether oxygens (including phenoxy) is 1. The Kier molecular flexibility index (Phi) is 3.75. The molecular weight excluding hydrogens is 257 g/mol. The van der Waals surface area contributed by atoms with Crippen LogP contribution in [0.3, 0.4) is 0 Å². The number of alkyl halides is 3. The Balaban J connectivity index is 1.51. The van der Waals surface area contributed by atoms with Gasteiger partial charge in [-0.1, -0.05) is 0 Å². The molecule has 110 valence electrons. The van der Waals surface area contributed by atoms with Crippen molar-refractivity contribution in [3.05, 3.63) is 0 Å². The molecule has 19 heavy (non-hydrogen) atoms. The highest BCUT2D eigenvalue weighted by Crippen LogP contribution is 2.39. The monoisotopic (exact) mass is 278 g/mol. The molecule has 2 atom stereocenters. The SMILES string of the molecule is FC(F)(F)OCCN1CC(C2CC2)NCC1C1CC1. The van der Waals surface area contributed by atoms with E-state index in [0.717, 1.165) is 19.0 Å². The van der Waals surface area contributed by atoms with Crippen molar-refractivity contribution < 1.29 is 17.9 Å². The summed E-state index contributed by atoms with van der Waals surface area (Å²) in [6.45, 7) is 1.96. The summed E-state index contributed by atoms with van der Waals surface area (Å²) in [6, 6.07) is 0.882. The van der Waals surface area contributed by atoms with Gasteiger partial charge >= 0.3 is 6.36 Å². The van der Waals surface area contributed by atoms with E-state index in [1.807, 2.05) is 0 Å². The summed E-state index contributed by atoms with van der Waals surface area (Å²) < 4.78 is 40.0. The van der Waals surface area contributed by atoms with Crippen molar-refractivity contribution in [2.24, 2.45) is 11.8 Å². The highest BCUT2D eigenvalue weighted by Gasteiger charge is 2.42. The summed E-state index contributed by atoms with van der Waals surface area (Å²) in [5, 5.41) is 3.58. The predicted octanol–water partition coefficient (Wildman–Crippen LogP) is 1.99. The lowest BCUT2D eigenvalue weighted by Gasteiger charge is -2.41. The molecule has 0 aromatic carbocycles. The molecule has 0 aromatic rings. The number of nitrogens with one attached hydrogen (secondary N) is 1. The number of piperazine rings is 1. The first-order valence-electron chi connectivity index (χ1n) is 7.21. The topological polar surface area (TPSA) is 24.5 Å².